The summed E-state index contributed by atoms with van der Waals surface area (Å²) >= 11 is 6.06. The van der Waals surface area contributed by atoms with Gasteiger partial charge in [-0.15, -0.1) is 0 Å². The zero-order valence-electron chi connectivity index (χ0n) is 17.0. The highest BCUT2D eigenvalue weighted by molar-refractivity contribution is 6.30. The number of hydrogen-bond donors (Lipinski definition) is 1. The number of nitrogens with zero attached hydrogens (tertiary/aromatic N) is 2. The average Bonchev–Trinajstić information content (AvgIpc) is 3.01. The van der Waals surface area contributed by atoms with Crippen molar-refractivity contribution in [1.29, 1.82) is 0 Å². The Balaban J connectivity index is 1.76. The number of benzene rings is 2. The van der Waals surface area contributed by atoms with Crippen LogP contribution in [-0.4, -0.2) is 15.6 Å². The van der Waals surface area contributed by atoms with Crippen molar-refractivity contribution in [3.63, 3.8) is 0 Å². The number of nitrogens with one attached hydrogen (secondary N) is 1. The van der Waals surface area contributed by atoms with E-state index < -0.39 is 17.7 Å². The molecule has 2 aliphatic rings. The molecule has 3 aromatic rings. The summed E-state index contributed by atoms with van der Waals surface area (Å²) in [6.45, 7) is 3.90. The minimum Gasteiger partial charge on any atom is -0.343 e. The molecule has 0 saturated carbocycles. The summed E-state index contributed by atoms with van der Waals surface area (Å²) in [4.78, 5) is 13.1. The Kier molecular flexibility index (Phi) is 4.70. The zero-order valence-corrected chi connectivity index (χ0v) is 17.8. The van der Waals surface area contributed by atoms with Gasteiger partial charge in [0.1, 0.15) is 23.5 Å². The van der Waals surface area contributed by atoms with Crippen molar-refractivity contribution in [2.75, 3.05) is 5.32 Å². The molecule has 5 rings (SSSR count). The lowest BCUT2D eigenvalue weighted by Crippen LogP contribution is -2.33. The maximum Gasteiger partial charge on any atom is 0.163 e. The highest BCUT2D eigenvalue weighted by Gasteiger charge is 2.39. The number of ketones is 1. The second-order valence-electron chi connectivity index (χ2n) is 8.32. The molecule has 0 spiro atoms. The van der Waals surface area contributed by atoms with Crippen LogP contribution >= 0.6 is 11.6 Å². The number of rotatable bonds is 2. The predicted octanol–water partition coefficient (Wildman–Crippen LogP) is 6.06. The fraction of sp³-hybridized carbons (Fsp3) is 0.250. The lowest BCUT2D eigenvalue weighted by atomic mass is 9.81. The molecular weight excluding hydrogens is 420 g/mol. The van der Waals surface area contributed by atoms with Gasteiger partial charge in [0.25, 0.3) is 0 Å². The van der Waals surface area contributed by atoms with E-state index >= 15 is 0 Å². The van der Waals surface area contributed by atoms with Gasteiger partial charge >= 0.3 is 0 Å². The molecule has 158 valence electrons. The molecule has 2 atom stereocenters. The Morgan fingerprint density at radius 1 is 1.10 bits per heavy atom. The van der Waals surface area contributed by atoms with Crippen molar-refractivity contribution in [1.82, 2.24) is 9.78 Å². The fourth-order valence-electron chi connectivity index (χ4n) is 4.68. The summed E-state index contributed by atoms with van der Waals surface area (Å²) in [6, 6.07) is 10.1. The van der Waals surface area contributed by atoms with Gasteiger partial charge in [0, 0.05) is 34.3 Å². The predicted molar refractivity (Wildman–Crippen MR) is 116 cm³/mol. The van der Waals surface area contributed by atoms with E-state index in [0.29, 0.717) is 34.8 Å². The van der Waals surface area contributed by atoms with E-state index in [0.717, 1.165) is 28.6 Å². The van der Waals surface area contributed by atoms with Crippen LogP contribution in [0.4, 0.5) is 14.6 Å². The van der Waals surface area contributed by atoms with Crippen LogP contribution in [0.3, 0.4) is 0 Å². The molecule has 0 fully saturated rings. The molecule has 0 unspecified atom stereocenters. The SMILES string of the molecule is Cc1nn2c(c1-c1ccc(Cl)cc1)NC1=C(C(=O)C[C@@H](C)C1)[C@@H]2c1cc(F)cc(F)c1. The second-order valence-corrected chi connectivity index (χ2v) is 8.76. The molecule has 7 heteroatoms. The Hall–Kier alpha value is -2.99. The normalized spacial score (nSPS) is 20.4. The number of aromatic nitrogens is 2. The van der Waals surface area contributed by atoms with Crippen LogP contribution in [0.5, 0.6) is 0 Å². The molecule has 0 radical (unpaired) electrons. The molecule has 1 aliphatic heterocycles. The number of halogens is 3. The molecule has 0 amide bonds. The van der Waals surface area contributed by atoms with Gasteiger partial charge in [0.15, 0.2) is 5.78 Å². The van der Waals surface area contributed by atoms with Gasteiger partial charge in [-0.3, -0.25) is 4.79 Å². The standard InChI is InChI=1S/C24H20ClF2N3O/c1-12-7-19-22(20(31)8-12)23(15-9-17(26)11-18(27)10-15)30-24(28-19)21(13(2)29-30)14-3-5-16(25)6-4-14/h3-6,9-12,23,28H,7-8H2,1-2H3/t12-,23-/m0/s1. The number of hydrogen-bond acceptors (Lipinski definition) is 3. The van der Waals surface area contributed by atoms with Crippen molar-refractivity contribution in [2.24, 2.45) is 5.92 Å². The molecule has 1 N–H and O–H groups in total. The summed E-state index contributed by atoms with van der Waals surface area (Å²) in [6.07, 6.45) is 1.08. The second kappa shape index (κ2) is 7.31. The first-order chi connectivity index (χ1) is 14.8. The van der Waals surface area contributed by atoms with E-state index in [2.05, 4.69) is 5.32 Å². The molecule has 2 heterocycles. The molecule has 31 heavy (non-hydrogen) atoms. The van der Waals surface area contributed by atoms with Crippen LogP contribution < -0.4 is 5.32 Å². The number of aryl methyl sites for hydroxylation is 1. The maximum absolute atomic E-state index is 14.1. The third kappa shape index (κ3) is 3.35. The topological polar surface area (TPSA) is 46.9 Å². The van der Waals surface area contributed by atoms with E-state index in [4.69, 9.17) is 16.7 Å². The summed E-state index contributed by atoms with van der Waals surface area (Å²) in [7, 11) is 0. The van der Waals surface area contributed by atoms with Crippen molar-refractivity contribution in [3.8, 4) is 11.1 Å². The van der Waals surface area contributed by atoms with Crippen LogP contribution in [0, 0.1) is 24.5 Å². The summed E-state index contributed by atoms with van der Waals surface area (Å²) in [5, 5.41) is 8.76. The van der Waals surface area contributed by atoms with Crippen molar-refractivity contribution in [3.05, 3.63) is 81.6 Å². The highest BCUT2D eigenvalue weighted by Crippen LogP contribution is 2.46. The molecule has 0 bridgehead atoms. The van der Waals surface area contributed by atoms with E-state index in [1.54, 1.807) is 16.8 Å². The fourth-order valence-corrected chi connectivity index (χ4v) is 4.81. The summed E-state index contributed by atoms with van der Waals surface area (Å²) < 4.78 is 29.9. The molecule has 0 saturated heterocycles. The Bertz CT molecular complexity index is 1230. The van der Waals surface area contributed by atoms with Gasteiger partial charge in [0.05, 0.1) is 5.69 Å². The van der Waals surface area contributed by atoms with Crippen molar-refractivity contribution >= 4 is 23.2 Å². The minimum atomic E-state index is -0.698. The summed E-state index contributed by atoms with van der Waals surface area (Å²) in [5.41, 5.74) is 4.21. The van der Waals surface area contributed by atoms with E-state index in [9.17, 15) is 13.6 Å². The lowest BCUT2D eigenvalue weighted by molar-refractivity contribution is -0.117. The van der Waals surface area contributed by atoms with E-state index in [1.165, 1.54) is 12.1 Å². The minimum absolute atomic E-state index is 0.0252. The monoisotopic (exact) mass is 439 g/mol. The molecule has 1 aliphatic carbocycles. The van der Waals surface area contributed by atoms with Gasteiger partial charge in [-0.25, -0.2) is 13.5 Å². The van der Waals surface area contributed by atoms with Crippen LogP contribution in [-0.2, 0) is 4.79 Å². The molecule has 2 aromatic carbocycles. The van der Waals surface area contributed by atoms with Gasteiger partial charge < -0.3 is 5.32 Å². The van der Waals surface area contributed by atoms with Crippen LogP contribution in [0.15, 0.2) is 53.7 Å². The van der Waals surface area contributed by atoms with Crippen LogP contribution in [0.1, 0.15) is 37.1 Å². The third-order valence-corrected chi connectivity index (χ3v) is 6.17. The van der Waals surface area contributed by atoms with E-state index in [1.807, 2.05) is 26.0 Å². The van der Waals surface area contributed by atoms with Crippen molar-refractivity contribution in [2.45, 2.75) is 32.7 Å². The van der Waals surface area contributed by atoms with Crippen LogP contribution in [0.25, 0.3) is 11.1 Å². The first kappa shape index (κ1) is 19.9. The zero-order chi connectivity index (χ0) is 21.9. The number of Topliss-reactive ketones (excluding diaryl/α,β-unsaturated/α-hetero) is 1. The first-order valence-electron chi connectivity index (χ1n) is 10.2. The smallest absolute Gasteiger partial charge is 0.163 e. The largest absolute Gasteiger partial charge is 0.343 e. The molecule has 4 nitrogen and oxygen atoms in total. The first-order valence-corrected chi connectivity index (χ1v) is 10.5. The number of carbonyl (C=O) groups is 1. The molecule has 1 aromatic heterocycles. The molecular formula is C24H20ClF2N3O. The van der Waals surface area contributed by atoms with Crippen LogP contribution in [0.2, 0.25) is 5.02 Å². The van der Waals surface area contributed by atoms with E-state index in [-0.39, 0.29) is 11.7 Å². The van der Waals surface area contributed by atoms with Gasteiger partial charge in [0.2, 0.25) is 0 Å². The maximum atomic E-state index is 14.1. The quantitative estimate of drug-likeness (QED) is 0.528. The lowest BCUT2D eigenvalue weighted by Gasteiger charge is -2.35. The number of carbonyl (C=O) groups excluding carboxylic acids is 1. The van der Waals surface area contributed by atoms with Gasteiger partial charge in [-0.1, -0.05) is 30.7 Å². The number of anilines is 1. The number of fused-ring (bicyclic) bond motifs is 1. The van der Waals surface area contributed by atoms with Crippen molar-refractivity contribution < 1.29 is 13.6 Å². The Labute approximate surface area is 183 Å². The van der Waals surface area contributed by atoms with Gasteiger partial charge in [-0.2, -0.15) is 5.10 Å². The average molecular weight is 440 g/mol. The number of allylic oxidation sites excluding steroid dienone is 2. The van der Waals surface area contributed by atoms with Gasteiger partial charge in [-0.05, 0) is 54.7 Å². The Morgan fingerprint density at radius 2 is 1.77 bits per heavy atom. The highest BCUT2D eigenvalue weighted by atomic mass is 35.5. The Morgan fingerprint density at radius 3 is 2.45 bits per heavy atom. The third-order valence-electron chi connectivity index (χ3n) is 5.92. The summed E-state index contributed by atoms with van der Waals surface area (Å²) in [5.74, 6) is -0.512.